The van der Waals surface area contributed by atoms with Crippen LogP contribution in [0.4, 0.5) is 4.39 Å². The Kier molecular flexibility index (Phi) is 11.9. The first kappa shape index (κ1) is 24.1. The van der Waals surface area contributed by atoms with Crippen LogP contribution in [0.1, 0.15) is 26.3 Å². The highest BCUT2D eigenvalue weighted by atomic mass is 127. The standard InChI is InChI=1S/C20H34FN5.HI/c1-4-22-20(24-15-18-6-8-19(21)9-7-18)23-14-17(3)16-26-12-10-25(5-2)11-13-26;/h6-9,17H,4-5,10-16H2,1-3H3,(H2,22,23,24);1H. The number of halogens is 2. The number of benzene rings is 1. The molecule has 1 aromatic carbocycles. The van der Waals surface area contributed by atoms with Crippen molar-refractivity contribution in [1.82, 2.24) is 20.4 Å². The molecule has 1 aliphatic rings. The molecular weight excluding hydrogens is 456 g/mol. The Morgan fingerprint density at radius 2 is 1.70 bits per heavy atom. The number of nitrogens with one attached hydrogen (secondary N) is 2. The van der Waals surface area contributed by atoms with Gasteiger partial charge in [0.1, 0.15) is 5.82 Å². The molecule has 1 heterocycles. The molecule has 0 radical (unpaired) electrons. The molecule has 2 N–H and O–H groups in total. The molecule has 1 fully saturated rings. The third-order valence-corrected chi connectivity index (χ3v) is 4.78. The molecule has 154 valence electrons. The lowest BCUT2D eigenvalue weighted by molar-refractivity contribution is 0.124. The van der Waals surface area contributed by atoms with Crippen LogP contribution in [0.5, 0.6) is 0 Å². The second-order valence-electron chi connectivity index (χ2n) is 7.04. The van der Waals surface area contributed by atoms with E-state index in [9.17, 15) is 4.39 Å². The predicted octanol–water partition coefficient (Wildman–Crippen LogP) is 2.77. The minimum Gasteiger partial charge on any atom is -0.357 e. The smallest absolute Gasteiger partial charge is 0.191 e. The van der Waals surface area contributed by atoms with Gasteiger partial charge in [-0.3, -0.25) is 0 Å². The number of likely N-dealkylation sites (N-methyl/N-ethyl adjacent to an activating group) is 1. The minimum atomic E-state index is -0.212. The van der Waals surface area contributed by atoms with Gasteiger partial charge < -0.3 is 20.4 Å². The van der Waals surface area contributed by atoms with Gasteiger partial charge in [0.25, 0.3) is 0 Å². The van der Waals surface area contributed by atoms with Gasteiger partial charge in [-0.15, -0.1) is 24.0 Å². The van der Waals surface area contributed by atoms with Crippen LogP contribution >= 0.6 is 24.0 Å². The van der Waals surface area contributed by atoms with Crippen molar-refractivity contribution in [3.05, 3.63) is 35.6 Å². The molecule has 1 aromatic rings. The summed E-state index contributed by atoms with van der Waals surface area (Å²) in [7, 11) is 0. The lowest BCUT2D eigenvalue weighted by Gasteiger charge is -2.35. The van der Waals surface area contributed by atoms with Crippen LogP contribution in [0, 0.1) is 11.7 Å². The van der Waals surface area contributed by atoms with E-state index in [1.807, 2.05) is 0 Å². The van der Waals surface area contributed by atoms with Crippen LogP contribution in [-0.4, -0.2) is 68.1 Å². The van der Waals surface area contributed by atoms with Crippen LogP contribution in [0.3, 0.4) is 0 Å². The summed E-state index contributed by atoms with van der Waals surface area (Å²) in [5.74, 6) is 1.16. The lowest BCUT2D eigenvalue weighted by atomic mass is 10.1. The van der Waals surface area contributed by atoms with Gasteiger partial charge in [-0.2, -0.15) is 0 Å². The van der Waals surface area contributed by atoms with E-state index in [0.29, 0.717) is 12.5 Å². The molecule has 2 rings (SSSR count). The summed E-state index contributed by atoms with van der Waals surface area (Å²) in [6, 6.07) is 6.51. The second-order valence-corrected chi connectivity index (χ2v) is 7.04. The van der Waals surface area contributed by atoms with E-state index in [1.165, 1.54) is 25.2 Å². The highest BCUT2D eigenvalue weighted by molar-refractivity contribution is 14.0. The van der Waals surface area contributed by atoms with E-state index in [2.05, 4.69) is 46.2 Å². The number of hydrogen-bond donors (Lipinski definition) is 2. The fourth-order valence-electron chi connectivity index (χ4n) is 3.17. The summed E-state index contributed by atoms with van der Waals surface area (Å²) >= 11 is 0. The highest BCUT2D eigenvalue weighted by Crippen LogP contribution is 2.06. The maximum atomic E-state index is 13.0. The fourth-order valence-corrected chi connectivity index (χ4v) is 3.17. The van der Waals surface area contributed by atoms with E-state index in [-0.39, 0.29) is 29.8 Å². The van der Waals surface area contributed by atoms with Gasteiger partial charge in [-0.25, -0.2) is 9.38 Å². The van der Waals surface area contributed by atoms with E-state index in [1.54, 1.807) is 12.1 Å². The molecule has 0 saturated carbocycles. The fraction of sp³-hybridized carbons (Fsp3) is 0.650. The number of piperazine rings is 1. The third-order valence-electron chi connectivity index (χ3n) is 4.78. The van der Waals surface area contributed by atoms with Gasteiger partial charge >= 0.3 is 0 Å². The largest absolute Gasteiger partial charge is 0.357 e. The molecule has 1 unspecified atom stereocenters. The van der Waals surface area contributed by atoms with Crippen molar-refractivity contribution >= 4 is 29.9 Å². The molecule has 0 aromatic heterocycles. The summed E-state index contributed by atoms with van der Waals surface area (Å²) in [5.41, 5.74) is 1.01. The number of rotatable bonds is 8. The first-order valence-electron chi connectivity index (χ1n) is 9.82. The predicted molar refractivity (Wildman–Crippen MR) is 122 cm³/mol. The van der Waals surface area contributed by atoms with Crippen LogP contribution < -0.4 is 10.6 Å². The average Bonchev–Trinajstić information content (AvgIpc) is 2.66. The van der Waals surface area contributed by atoms with Crippen molar-refractivity contribution in [1.29, 1.82) is 0 Å². The minimum absolute atomic E-state index is 0. The topological polar surface area (TPSA) is 42.9 Å². The molecule has 27 heavy (non-hydrogen) atoms. The molecule has 5 nitrogen and oxygen atoms in total. The molecule has 1 atom stereocenters. The van der Waals surface area contributed by atoms with Crippen LogP contribution in [0.2, 0.25) is 0 Å². The van der Waals surface area contributed by atoms with Crippen molar-refractivity contribution in [2.24, 2.45) is 10.9 Å². The Morgan fingerprint density at radius 3 is 2.30 bits per heavy atom. The maximum Gasteiger partial charge on any atom is 0.191 e. The van der Waals surface area contributed by atoms with Crippen molar-refractivity contribution in [3.8, 4) is 0 Å². The average molecular weight is 491 g/mol. The summed E-state index contributed by atoms with van der Waals surface area (Å²) in [6.07, 6.45) is 0. The third kappa shape index (κ3) is 9.21. The van der Waals surface area contributed by atoms with Gasteiger partial charge in [-0.1, -0.05) is 26.0 Å². The summed E-state index contributed by atoms with van der Waals surface area (Å²) in [6.45, 7) is 15.8. The van der Waals surface area contributed by atoms with Gasteiger partial charge in [0, 0.05) is 45.8 Å². The van der Waals surface area contributed by atoms with E-state index in [4.69, 9.17) is 0 Å². The van der Waals surface area contributed by atoms with Crippen molar-refractivity contribution < 1.29 is 4.39 Å². The Hall–Kier alpha value is -0.930. The van der Waals surface area contributed by atoms with E-state index in [0.717, 1.165) is 50.8 Å². The van der Waals surface area contributed by atoms with Crippen LogP contribution in [-0.2, 0) is 6.54 Å². The normalized spacial score (nSPS) is 17.3. The zero-order valence-corrected chi connectivity index (χ0v) is 19.2. The Balaban J connectivity index is 0.00000364. The summed E-state index contributed by atoms with van der Waals surface area (Å²) < 4.78 is 13.0. The number of aliphatic imine (C=N–C) groups is 1. The Morgan fingerprint density at radius 1 is 1.07 bits per heavy atom. The molecule has 1 aliphatic heterocycles. The zero-order chi connectivity index (χ0) is 18.8. The monoisotopic (exact) mass is 491 g/mol. The first-order chi connectivity index (χ1) is 12.6. The quantitative estimate of drug-likeness (QED) is 0.334. The van der Waals surface area contributed by atoms with E-state index < -0.39 is 0 Å². The Bertz CT molecular complexity index is 544. The highest BCUT2D eigenvalue weighted by Gasteiger charge is 2.17. The van der Waals surface area contributed by atoms with Gasteiger partial charge in [-0.05, 0) is 37.1 Å². The van der Waals surface area contributed by atoms with Crippen molar-refractivity contribution in [2.45, 2.75) is 27.3 Å². The molecule has 0 bridgehead atoms. The Labute approximate surface area is 180 Å². The number of guanidine groups is 1. The van der Waals surface area contributed by atoms with Gasteiger partial charge in [0.15, 0.2) is 5.96 Å². The number of hydrogen-bond acceptors (Lipinski definition) is 3. The van der Waals surface area contributed by atoms with Crippen LogP contribution in [0.15, 0.2) is 29.3 Å². The summed E-state index contributed by atoms with van der Waals surface area (Å²) in [4.78, 5) is 9.67. The molecule has 7 heteroatoms. The molecule has 0 amide bonds. The molecular formula is C20H35FIN5. The van der Waals surface area contributed by atoms with Crippen molar-refractivity contribution in [2.75, 3.05) is 52.4 Å². The van der Waals surface area contributed by atoms with Gasteiger partial charge in [0.2, 0.25) is 0 Å². The molecule has 0 spiro atoms. The summed E-state index contributed by atoms with van der Waals surface area (Å²) in [5, 5.41) is 6.72. The number of nitrogens with zero attached hydrogens (tertiary/aromatic N) is 3. The maximum absolute atomic E-state index is 13.0. The van der Waals surface area contributed by atoms with E-state index >= 15 is 0 Å². The molecule has 1 saturated heterocycles. The van der Waals surface area contributed by atoms with Crippen molar-refractivity contribution in [3.63, 3.8) is 0 Å². The first-order valence-corrected chi connectivity index (χ1v) is 9.82. The zero-order valence-electron chi connectivity index (χ0n) is 16.9. The van der Waals surface area contributed by atoms with Crippen LogP contribution in [0.25, 0.3) is 0 Å². The lowest BCUT2D eigenvalue weighted by Crippen LogP contribution is -2.48. The second kappa shape index (κ2) is 13.3. The van der Waals surface area contributed by atoms with Gasteiger partial charge in [0.05, 0.1) is 6.54 Å². The SMILES string of the molecule is CCNC(=NCc1ccc(F)cc1)NCC(C)CN1CCN(CC)CC1.I. The molecule has 0 aliphatic carbocycles.